The van der Waals surface area contributed by atoms with Gasteiger partial charge in [0, 0.05) is 12.8 Å². The predicted molar refractivity (Wildman–Crippen MR) is 145 cm³/mol. The molecule has 0 fully saturated rings. The Morgan fingerprint density at radius 2 is 1.64 bits per heavy atom. The molecular weight excluding hydrogens is 520 g/mol. The van der Waals surface area contributed by atoms with Crippen LogP contribution in [0.25, 0.3) is 6.08 Å². The fourth-order valence-corrected chi connectivity index (χ4v) is 5.11. The summed E-state index contributed by atoms with van der Waals surface area (Å²) in [6, 6.07) is 13.3. The zero-order valence-electron chi connectivity index (χ0n) is 22.1. The van der Waals surface area contributed by atoms with Crippen LogP contribution in [0.5, 0.6) is 11.5 Å². The average molecular weight is 549 g/mol. The van der Waals surface area contributed by atoms with Crippen molar-refractivity contribution < 1.29 is 28.6 Å². The average Bonchev–Trinajstić information content (AvgIpc) is 3.23. The molecule has 4 rings (SSSR count). The maximum atomic E-state index is 13.7. The number of fused-ring (bicyclic) bond motifs is 1. The summed E-state index contributed by atoms with van der Waals surface area (Å²) in [6.45, 7) is 6.95. The smallest absolute Gasteiger partial charge is 0.338 e. The largest absolute Gasteiger partial charge is 0.463 e. The number of hydrogen-bond donors (Lipinski definition) is 0. The van der Waals surface area contributed by atoms with E-state index in [4.69, 9.17) is 14.2 Å². The highest BCUT2D eigenvalue weighted by Crippen LogP contribution is 2.31. The van der Waals surface area contributed by atoms with Crippen molar-refractivity contribution in [2.45, 2.75) is 46.6 Å². The molecule has 1 atom stereocenters. The Morgan fingerprint density at radius 3 is 2.28 bits per heavy atom. The summed E-state index contributed by atoms with van der Waals surface area (Å²) in [5.41, 5.74) is 1.74. The quantitative estimate of drug-likeness (QED) is 0.313. The number of aromatic nitrogens is 1. The second-order valence-corrected chi connectivity index (χ2v) is 9.58. The first-order valence-corrected chi connectivity index (χ1v) is 13.4. The van der Waals surface area contributed by atoms with Gasteiger partial charge in [0.15, 0.2) is 16.3 Å². The van der Waals surface area contributed by atoms with Gasteiger partial charge < -0.3 is 14.2 Å². The number of carbonyl (C=O) groups is 3. The van der Waals surface area contributed by atoms with Gasteiger partial charge in [-0.2, -0.15) is 0 Å². The third-order valence-electron chi connectivity index (χ3n) is 5.92. The van der Waals surface area contributed by atoms with Crippen LogP contribution in [0, 0.1) is 0 Å². The standard InChI is InChI=1S/C29H28N2O7S/c1-5-23(32)37-20-14-13-18(15-21(20)38-24(33)6-2)16-22-27(34)31-26(19-11-9-8-10-12-19)25(28(35)36-7-3)17(4)30-29(31)39-22/h8-16,26H,5-7H2,1-4H3/b22-16-. The molecule has 202 valence electrons. The van der Waals surface area contributed by atoms with Gasteiger partial charge in [-0.1, -0.05) is 61.6 Å². The molecule has 2 aromatic carbocycles. The molecule has 0 saturated carbocycles. The minimum absolute atomic E-state index is 0.0766. The number of benzene rings is 2. The summed E-state index contributed by atoms with van der Waals surface area (Å²) in [4.78, 5) is 55.6. The maximum absolute atomic E-state index is 13.7. The van der Waals surface area contributed by atoms with Crippen LogP contribution in [0.2, 0.25) is 0 Å². The Labute approximate surface area is 228 Å². The fourth-order valence-electron chi connectivity index (χ4n) is 4.06. The van der Waals surface area contributed by atoms with Crippen molar-refractivity contribution in [1.29, 1.82) is 0 Å². The monoisotopic (exact) mass is 548 g/mol. The van der Waals surface area contributed by atoms with Crippen LogP contribution in [0.1, 0.15) is 57.7 Å². The lowest BCUT2D eigenvalue weighted by atomic mass is 9.96. The van der Waals surface area contributed by atoms with Crippen LogP contribution in [0.3, 0.4) is 0 Å². The molecule has 0 N–H and O–H groups in total. The van der Waals surface area contributed by atoms with Gasteiger partial charge in [0.25, 0.3) is 5.56 Å². The molecule has 9 nitrogen and oxygen atoms in total. The van der Waals surface area contributed by atoms with Gasteiger partial charge in [0.1, 0.15) is 0 Å². The van der Waals surface area contributed by atoms with Crippen LogP contribution in [-0.4, -0.2) is 29.1 Å². The molecule has 0 amide bonds. The zero-order valence-corrected chi connectivity index (χ0v) is 22.9. The van der Waals surface area contributed by atoms with E-state index >= 15 is 0 Å². The van der Waals surface area contributed by atoms with E-state index in [0.717, 1.165) is 5.56 Å². The molecule has 0 radical (unpaired) electrons. The number of esters is 3. The molecule has 0 bridgehead atoms. The Morgan fingerprint density at radius 1 is 0.974 bits per heavy atom. The number of carbonyl (C=O) groups excluding carboxylic acids is 3. The zero-order chi connectivity index (χ0) is 28.1. The van der Waals surface area contributed by atoms with Crippen LogP contribution >= 0.6 is 11.3 Å². The van der Waals surface area contributed by atoms with Gasteiger partial charge in [-0.25, -0.2) is 9.79 Å². The molecule has 1 aliphatic rings. The number of nitrogens with zero attached hydrogens (tertiary/aromatic N) is 2. The molecule has 0 saturated heterocycles. The van der Waals surface area contributed by atoms with Crippen LogP contribution < -0.4 is 24.4 Å². The molecule has 0 aliphatic carbocycles. The summed E-state index contributed by atoms with van der Waals surface area (Å²) < 4.78 is 17.9. The highest BCUT2D eigenvalue weighted by Gasteiger charge is 2.33. The molecular formula is C29H28N2O7S. The van der Waals surface area contributed by atoms with E-state index in [2.05, 4.69) is 4.99 Å². The second kappa shape index (κ2) is 12.0. The summed E-state index contributed by atoms with van der Waals surface area (Å²) in [7, 11) is 0. The normalized spacial score (nSPS) is 14.9. The lowest BCUT2D eigenvalue weighted by Crippen LogP contribution is -2.39. The first kappa shape index (κ1) is 27.7. The number of rotatable bonds is 8. The first-order valence-electron chi connectivity index (χ1n) is 12.6. The minimum atomic E-state index is -0.708. The predicted octanol–water partition coefficient (Wildman–Crippen LogP) is 3.43. The van der Waals surface area contributed by atoms with Crippen molar-refractivity contribution in [1.82, 2.24) is 4.57 Å². The van der Waals surface area contributed by atoms with Crippen molar-refractivity contribution in [3.05, 3.63) is 90.6 Å². The number of ether oxygens (including phenoxy) is 3. The molecule has 1 aromatic heterocycles. The Bertz CT molecular complexity index is 1630. The summed E-state index contributed by atoms with van der Waals surface area (Å²) in [6.07, 6.45) is 1.93. The lowest BCUT2D eigenvalue weighted by Gasteiger charge is -2.24. The molecule has 1 aliphatic heterocycles. The topological polar surface area (TPSA) is 113 Å². The Hall–Kier alpha value is -4.31. The highest BCUT2D eigenvalue weighted by molar-refractivity contribution is 7.07. The molecule has 3 aromatic rings. The van der Waals surface area contributed by atoms with E-state index in [9.17, 15) is 19.2 Å². The highest BCUT2D eigenvalue weighted by atomic mass is 32.1. The number of hydrogen-bond acceptors (Lipinski definition) is 9. The van der Waals surface area contributed by atoms with Gasteiger partial charge in [-0.05, 0) is 43.2 Å². The van der Waals surface area contributed by atoms with E-state index in [1.807, 2.05) is 30.3 Å². The van der Waals surface area contributed by atoms with E-state index < -0.39 is 23.9 Å². The summed E-state index contributed by atoms with van der Waals surface area (Å²) in [5.74, 6) is -1.31. The van der Waals surface area contributed by atoms with Crippen molar-refractivity contribution in [2.24, 2.45) is 4.99 Å². The maximum Gasteiger partial charge on any atom is 0.338 e. The Kier molecular flexibility index (Phi) is 8.55. The van der Waals surface area contributed by atoms with Gasteiger partial charge >= 0.3 is 17.9 Å². The van der Waals surface area contributed by atoms with Crippen LogP contribution in [0.4, 0.5) is 0 Å². The van der Waals surface area contributed by atoms with Gasteiger partial charge in [0.2, 0.25) is 0 Å². The van der Waals surface area contributed by atoms with Gasteiger partial charge in [-0.3, -0.25) is 19.0 Å². The van der Waals surface area contributed by atoms with Crippen LogP contribution in [0.15, 0.2) is 69.6 Å². The second-order valence-electron chi connectivity index (χ2n) is 8.57. The van der Waals surface area contributed by atoms with E-state index in [0.29, 0.717) is 26.2 Å². The van der Waals surface area contributed by atoms with Crippen molar-refractivity contribution in [3.8, 4) is 11.5 Å². The number of allylic oxidation sites excluding steroid dienone is 1. The van der Waals surface area contributed by atoms with Crippen molar-refractivity contribution in [3.63, 3.8) is 0 Å². The molecule has 0 spiro atoms. The Balaban J connectivity index is 1.86. The van der Waals surface area contributed by atoms with E-state index in [1.165, 1.54) is 28.0 Å². The summed E-state index contributed by atoms with van der Waals surface area (Å²) in [5, 5.41) is 0. The van der Waals surface area contributed by atoms with Gasteiger partial charge in [0.05, 0.1) is 28.5 Å². The SMILES string of the molecule is CCOC(=O)C1=C(C)N=c2s/c(=C\c3ccc(OC(=O)CC)c(OC(=O)CC)c3)c(=O)n2C1c1ccccc1. The van der Waals surface area contributed by atoms with Gasteiger partial charge in [-0.15, -0.1) is 0 Å². The van der Waals surface area contributed by atoms with E-state index in [-0.39, 0.29) is 36.5 Å². The van der Waals surface area contributed by atoms with Crippen LogP contribution in [-0.2, 0) is 19.1 Å². The third kappa shape index (κ3) is 5.91. The first-order chi connectivity index (χ1) is 18.8. The molecule has 39 heavy (non-hydrogen) atoms. The number of thiazole rings is 1. The molecule has 1 unspecified atom stereocenters. The summed E-state index contributed by atoms with van der Waals surface area (Å²) >= 11 is 1.18. The van der Waals surface area contributed by atoms with Crippen molar-refractivity contribution in [2.75, 3.05) is 6.61 Å². The minimum Gasteiger partial charge on any atom is -0.463 e. The fraction of sp³-hybridized carbons (Fsp3) is 0.276. The molecule has 2 heterocycles. The third-order valence-corrected chi connectivity index (χ3v) is 6.91. The van der Waals surface area contributed by atoms with E-state index in [1.54, 1.807) is 39.8 Å². The van der Waals surface area contributed by atoms with Crippen molar-refractivity contribution >= 4 is 35.3 Å². The lowest BCUT2D eigenvalue weighted by molar-refractivity contribution is -0.139. The molecule has 10 heteroatoms.